The molecule has 0 N–H and O–H groups in total. The highest BCUT2D eigenvalue weighted by molar-refractivity contribution is 6.08. The molecule has 1 atom stereocenters. The maximum absolute atomic E-state index is 13.3. The quantitative estimate of drug-likeness (QED) is 0.816. The summed E-state index contributed by atoms with van der Waals surface area (Å²) in [6, 6.07) is 8.03. The van der Waals surface area contributed by atoms with Crippen LogP contribution in [0, 0.1) is 6.92 Å². The van der Waals surface area contributed by atoms with E-state index in [1.807, 2.05) is 48.0 Å². The lowest BCUT2D eigenvalue weighted by molar-refractivity contribution is -0.140. The van der Waals surface area contributed by atoms with Gasteiger partial charge in [0.15, 0.2) is 0 Å². The Kier molecular flexibility index (Phi) is 4.91. The summed E-state index contributed by atoms with van der Waals surface area (Å²) in [5.74, 6) is 0.152. The Morgan fingerprint density at radius 1 is 1.04 bits per heavy atom. The van der Waals surface area contributed by atoms with Gasteiger partial charge in [-0.1, -0.05) is 18.2 Å². The number of amides is 2. The van der Waals surface area contributed by atoms with Crippen LogP contribution in [0.15, 0.2) is 24.3 Å². The van der Waals surface area contributed by atoms with Gasteiger partial charge in [-0.3, -0.25) is 9.59 Å². The fraction of sp³-hybridized carbons (Fsp3) is 0.524. The molecule has 3 heterocycles. The molecule has 4 rings (SSSR count). The van der Waals surface area contributed by atoms with E-state index in [4.69, 9.17) is 4.74 Å². The Morgan fingerprint density at radius 2 is 1.78 bits per heavy atom. The largest absolute Gasteiger partial charge is 0.368 e. The van der Waals surface area contributed by atoms with Gasteiger partial charge in [0.05, 0.1) is 5.56 Å². The molecule has 1 aromatic heterocycles. The lowest BCUT2D eigenvalue weighted by atomic mass is 10.1. The summed E-state index contributed by atoms with van der Waals surface area (Å²) in [7, 11) is 2.00. The fourth-order valence-electron chi connectivity index (χ4n) is 4.27. The first-order chi connectivity index (χ1) is 13.1. The van der Waals surface area contributed by atoms with Gasteiger partial charge in [-0.05, 0) is 32.3 Å². The molecule has 2 aliphatic heterocycles. The van der Waals surface area contributed by atoms with Gasteiger partial charge >= 0.3 is 0 Å². The van der Waals surface area contributed by atoms with Gasteiger partial charge in [0.2, 0.25) is 0 Å². The van der Waals surface area contributed by atoms with Crippen molar-refractivity contribution in [2.24, 2.45) is 7.05 Å². The minimum atomic E-state index is -0.285. The van der Waals surface area contributed by atoms with Crippen LogP contribution in [0.2, 0.25) is 0 Å². The van der Waals surface area contributed by atoms with Crippen molar-refractivity contribution in [2.45, 2.75) is 32.3 Å². The first-order valence-corrected chi connectivity index (χ1v) is 9.81. The van der Waals surface area contributed by atoms with Crippen LogP contribution in [0.3, 0.4) is 0 Å². The highest BCUT2D eigenvalue weighted by atomic mass is 16.5. The zero-order valence-corrected chi connectivity index (χ0v) is 16.1. The third-order valence-corrected chi connectivity index (χ3v) is 5.91. The second kappa shape index (κ2) is 7.35. The number of ether oxygens (including phenoxy) is 1. The highest BCUT2D eigenvalue weighted by Crippen LogP contribution is 2.26. The SMILES string of the molecule is Cc1c(C(=O)N2CCCN(C(=O)C3CCCO3)CC2)c2ccccc2n1C. The van der Waals surface area contributed by atoms with E-state index < -0.39 is 0 Å². The zero-order valence-electron chi connectivity index (χ0n) is 16.1. The number of benzene rings is 1. The van der Waals surface area contributed by atoms with Crippen LogP contribution in [0.4, 0.5) is 0 Å². The number of aryl methyl sites for hydroxylation is 1. The lowest BCUT2D eigenvalue weighted by Gasteiger charge is -2.24. The molecule has 6 heteroatoms. The number of carbonyl (C=O) groups is 2. The minimum absolute atomic E-state index is 0.0655. The monoisotopic (exact) mass is 369 g/mol. The van der Waals surface area contributed by atoms with E-state index in [-0.39, 0.29) is 17.9 Å². The highest BCUT2D eigenvalue weighted by Gasteiger charge is 2.31. The maximum Gasteiger partial charge on any atom is 0.256 e. The smallest absolute Gasteiger partial charge is 0.256 e. The van der Waals surface area contributed by atoms with Gasteiger partial charge in [-0.15, -0.1) is 0 Å². The Hall–Kier alpha value is -2.34. The van der Waals surface area contributed by atoms with Crippen molar-refractivity contribution >= 4 is 22.7 Å². The third kappa shape index (κ3) is 3.23. The Bertz CT molecular complexity index is 867. The first kappa shape index (κ1) is 18.0. The molecular weight excluding hydrogens is 342 g/mol. The van der Waals surface area contributed by atoms with E-state index in [0.717, 1.165) is 41.4 Å². The van der Waals surface area contributed by atoms with Crippen molar-refractivity contribution in [2.75, 3.05) is 32.8 Å². The zero-order chi connectivity index (χ0) is 19.0. The molecule has 0 bridgehead atoms. The molecule has 2 fully saturated rings. The second-order valence-electron chi connectivity index (χ2n) is 7.51. The van der Waals surface area contributed by atoms with Crippen LogP contribution in [0.5, 0.6) is 0 Å². The number of hydrogen-bond donors (Lipinski definition) is 0. The lowest BCUT2D eigenvalue weighted by Crippen LogP contribution is -2.41. The van der Waals surface area contributed by atoms with Gasteiger partial charge in [-0.25, -0.2) is 0 Å². The molecular formula is C21H27N3O3. The normalized spacial score (nSPS) is 20.9. The van der Waals surface area contributed by atoms with Gasteiger partial charge in [0.1, 0.15) is 6.10 Å². The number of nitrogens with zero attached hydrogens (tertiary/aromatic N) is 3. The maximum atomic E-state index is 13.3. The number of carbonyl (C=O) groups excluding carboxylic acids is 2. The van der Waals surface area contributed by atoms with E-state index in [1.54, 1.807) is 0 Å². The Morgan fingerprint density at radius 3 is 2.56 bits per heavy atom. The minimum Gasteiger partial charge on any atom is -0.368 e. The second-order valence-corrected chi connectivity index (χ2v) is 7.51. The summed E-state index contributed by atoms with van der Waals surface area (Å²) in [4.78, 5) is 29.7. The van der Waals surface area contributed by atoms with Gasteiger partial charge in [0.25, 0.3) is 11.8 Å². The van der Waals surface area contributed by atoms with Crippen molar-refractivity contribution in [3.05, 3.63) is 35.5 Å². The molecule has 0 spiro atoms. The van der Waals surface area contributed by atoms with Crippen molar-refractivity contribution in [3.63, 3.8) is 0 Å². The number of para-hydroxylation sites is 1. The summed E-state index contributed by atoms with van der Waals surface area (Å²) in [5.41, 5.74) is 2.84. The van der Waals surface area contributed by atoms with Crippen LogP contribution in [-0.2, 0) is 16.6 Å². The average Bonchev–Trinajstić information content (AvgIpc) is 3.21. The van der Waals surface area contributed by atoms with E-state index in [9.17, 15) is 9.59 Å². The molecule has 2 saturated heterocycles. The fourth-order valence-corrected chi connectivity index (χ4v) is 4.27. The standard InChI is InChI=1S/C21H27N3O3/c1-15-19(16-7-3-4-8-17(16)22(15)2)21(26)24-11-6-10-23(12-13-24)20(25)18-9-5-14-27-18/h3-4,7-8,18H,5-6,9-14H2,1-2H3. The predicted molar refractivity (Wildman–Crippen MR) is 104 cm³/mol. The van der Waals surface area contributed by atoms with Gasteiger partial charge in [0, 0.05) is 56.4 Å². The van der Waals surface area contributed by atoms with Gasteiger partial charge in [-0.2, -0.15) is 0 Å². The molecule has 1 aromatic carbocycles. The Balaban J connectivity index is 1.52. The molecule has 2 aliphatic rings. The molecule has 27 heavy (non-hydrogen) atoms. The summed E-state index contributed by atoms with van der Waals surface area (Å²) >= 11 is 0. The van der Waals surface area contributed by atoms with Crippen molar-refractivity contribution in [1.29, 1.82) is 0 Å². The van der Waals surface area contributed by atoms with E-state index in [0.29, 0.717) is 32.8 Å². The number of aromatic nitrogens is 1. The molecule has 6 nitrogen and oxygen atoms in total. The van der Waals surface area contributed by atoms with Crippen LogP contribution >= 0.6 is 0 Å². The molecule has 0 aliphatic carbocycles. The van der Waals surface area contributed by atoms with Gasteiger partial charge < -0.3 is 19.1 Å². The summed E-state index contributed by atoms with van der Waals surface area (Å²) < 4.78 is 7.62. The predicted octanol–water partition coefficient (Wildman–Crippen LogP) is 2.34. The molecule has 0 radical (unpaired) electrons. The first-order valence-electron chi connectivity index (χ1n) is 9.81. The molecule has 2 amide bonds. The summed E-state index contributed by atoms with van der Waals surface area (Å²) in [6.45, 7) is 5.19. The number of hydrogen-bond acceptors (Lipinski definition) is 3. The molecule has 1 unspecified atom stereocenters. The van der Waals surface area contributed by atoms with Crippen LogP contribution < -0.4 is 0 Å². The molecule has 2 aromatic rings. The summed E-state index contributed by atoms with van der Waals surface area (Å²) in [6.07, 6.45) is 2.28. The van der Waals surface area contributed by atoms with E-state index in [1.165, 1.54) is 0 Å². The van der Waals surface area contributed by atoms with Crippen molar-refractivity contribution < 1.29 is 14.3 Å². The average molecular weight is 369 g/mol. The van der Waals surface area contributed by atoms with Crippen LogP contribution in [-0.4, -0.2) is 65.1 Å². The third-order valence-electron chi connectivity index (χ3n) is 5.91. The van der Waals surface area contributed by atoms with Crippen molar-refractivity contribution in [1.82, 2.24) is 14.4 Å². The van der Waals surface area contributed by atoms with Crippen molar-refractivity contribution in [3.8, 4) is 0 Å². The number of fused-ring (bicyclic) bond motifs is 1. The van der Waals surface area contributed by atoms with E-state index in [2.05, 4.69) is 4.57 Å². The topological polar surface area (TPSA) is 54.8 Å². The molecule has 0 saturated carbocycles. The number of rotatable bonds is 2. The Labute approximate surface area is 159 Å². The molecule has 144 valence electrons. The summed E-state index contributed by atoms with van der Waals surface area (Å²) in [5, 5.41) is 0.999. The van der Waals surface area contributed by atoms with Crippen LogP contribution in [0.25, 0.3) is 10.9 Å². The van der Waals surface area contributed by atoms with E-state index >= 15 is 0 Å². The van der Waals surface area contributed by atoms with Crippen LogP contribution in [0.1, 0.15) is 35.3 Å².